The van der Waals surface area contributed by atoms with E-state index < -0.39 is 29.1 Å². The van der Waals surface area contributed by atoms with Gasteiger partial charge in [-0.15, -0.1) is 0 Å². The summed E-state index contributed by atoms with van der Waals surface area (Å²) in [7, 11) is 0. The van der Waals surface area contributed by atoms with Crippen molar-refractivity contribution in [1.82, 2.24) is 0 Å². The van der Waals surface area contributed by atoms with Gasteiger partial charge in [-0.05, 0) is 40.2 Å². The third kappa shape index (κ3) is 11.2. The zero-order valence-corrected chi connectivity index (χ0v) is 17.2. The van der Waals surface area contributed by atoms with Crippen molar-refractivity contribution in [2.24, 2.45) is 0 Å². The molecule has 0 amide bonds. The van der Waals surface area contributed by atoms with Crippen molar-refractivity contribution in [3.8, 4) is 0 Å². The molecule has 0 saturated carbocycles. The Kier molecular flexibility index (Phi) is 12.6. The molecule has 0 N–H and O–H groups in total. The number of Topliss-reactive ketones (excluding diaryl/α,β-unsaturated/α-hetero) is 1. The molecule has 9 heteroatoms. The van der Waals surface area contributed by atoms with E-state index in [1.807, 2.05) is 0 Å². The van der Waals surface area contributed by atoms with Gasteiger partial charge < -0.3 is 0 Å². The van der Waals surface area contributed by atoms with Gasteiger partial charge in [0.2, 0.25) is 4.69 Å². The molecule has 0 aliphatic carbocycles. The first kappa shape index (κ1) is 23.9. The standard InChI is InChI=1S/C8H5BrF2O.C6H4F2.C2H2Br2O/c9-4-8(12)6-2-1-5(10)3-7(6)11;7-5-2-1-3-6(8)4-5;3-1-2(4)5/h1-3H,4H2;1-4H;1H2. The molecule has 0 radical (unpaired) electrons. The first-order valence-electron chi connectivity index (χ1n) is 6.40. The van der Waals surface area contributed by atoms with E-state index in [1.54, 1.807) is 0 Å². The highest BCUT2D eigenvalue weighted by molar-refractivity contribution is 9.19. The summed E-state index contributed by atoms with van der Waals surface area (Å²) in [5, 5.41) is 0.433. The lowest BCUT2D eigenvalue weighted by atomic mass is 10.1. The normalized spacial score (nSPS) is 9.24. The van der Waals surface area contributed by atoms with Crippen molar-refractivity contribution in [2.45, 2.75) is 0 Å². The number of rotatable bonds is 3. The fourth-order valence-corrected chi connectivity index (χ4v) is 1.55. The molecule has 2 rings (SSSR count). The summed E-state index contributed by atoms with van der Waals surface area (Å²) >= 11 is 8.50. The van der Waals surface area contributed by atoms with Crippen molar-refractivity contribution < 1.29 is 27.2 Å². The maximum absolute atomic E-state index is 12.8. The van der Waals surface area contributed by atoms with Gasteiger partial charge in [0.25, 0.3) is 0 Å². The summed E-state index contributed by atoms with van der Waals surface area (Å²) < 4.78 is 49.0. The van der Waals surface area contributed by atoms with Gasteiger partial charge in [0.15, 0.2) is 5.78 Å². The predicted molar refractivity (Wildman–Crippen MR) is 98.6 cm³/mol. The van der Waals surface area contributed by atoms with Crippen LogP contribution in [0, 0.1) is 23.3 Å². The van der Waals surface area contributed by atoms with Gasteiger partial charge in [-0.1, -0.05) is 37.9 Å². The van der Waals surface area contributed by atoms with Gasteiger partial charge in [-0.3, -0.25) is 9.59 Å². The lowest BCUT2D eigenvalue weighted by Crippen LogP contribution is -2.03. The summed E-state index contributed by atoms with van der Waals surface area (Å²) in [6.45, 7) is 0. The third-order valence-electron chi connectivity index (χ3n) is 2.24. The Hall–Kier alpha value is -1.06. The number of carbonyl (C=O) groups excluding carboxylic acids is 2. The second-order valence-electron chi connectivity index (χ2n) is 4.11. The first-order chi connectivity index (χ1) is 11.7. The Balaban J connectivity index is 0.000000382. The van der Waals surface area contributed by atoms with Gasteiger partial charge in [0.05, 0.1) is 16.2 Å². The SMILES string of the molecule is Fc1cccc(F)c1.O=C(Br)CBr.O=C(CBr)c1ccc(F)cc1F. The Morgan fingerprint density at radius 2 is 1.28 bits per heavy atom. The van der Waals surface area contributed by atoms with Crippen LogP contribution in [0.5, 0.6) is 0 Å². The first-order valence-corrected chi connectivity index (χ1v) is 9.44. The molecule has 0 unspecified atom stereocenters. The van der Waals surface area contributed by atoms with Crippen LogP contribution in [0.4, 0.5) is 17.6 Å². The summed E-state index contributed by atoms with van der Waals surface area (Å²) in [5.74, 6) is -2.97. The molecule has 0 heterocycles. The second-order valence-corrected chi connectivity index (χ2v) is 6.12. The quantitative estimate of drug-likeness (QED) is 0.209. The lowest BCUT2D eigenvalue weighted by Gasteiger charge is -1.98. The van der Waals surface area contributed by atoms with Gasteiger partial charge >= 0.3 is 0 Å². The number of halogens is 7. The zero-order chi connectivity index (χ0) is 19.4. The highest BCUT2D eigenvalue weighted by atomic mass is 79.9. The molecule has 2 nitrogen and oxygen atoms in total. The maximum atomic E-state index is 12.8. The van der Waals surface area contributed by atoms with Crippen molar-refractivity contribution >= 4 is 58.3 Å². The van der Waals surface area contributed by atoms with Gasteiger partial charge in [0, 0.05) is 12.1 Å². The molecular weight excluding hydrogens is 540 g/mol. The number of benzene rings is 2. The van der Waals surface area contributed by atoms with E-state index in [2.05, 4.69) is 47.8 Å². The van der Waals surface area contributed by atoms with Crippen LogP contribution in [0.1, 0.15) is 10.4 Å². The van der Waals surface area contributed by atoms with Crippen molar-refractivity contribution in [2.75, 3.05) is 10.7 Å². The van der Waals surface area contributed by atoms with Crippen LogP contribution >= 0.6 is 47.8 Å². The molecule has 0 aromatic heterocycles. The predicted octanol–water partition coefficient (Wildman–Crippen LogP) is 5.81. The highest BCUT2D eigenvalue weighted by Crippen LogP contribution is 2.10. The number of alkyl halides is 2. The summed E-state index contributed by atoms with van der Waals surface area (Å²) in [4.78, 5) is 20.6. The number of hydrogen-bond donors (Lipinski definition) is 0. The summed E-state index contributed by atoms with van der Waals surface area (Å²) in [6.07, 6.45) is 0. The number of hydrogen-bond acceptors (Lipinski definition) is 2. The van der Waals surface area contributed by atoms with Crippen molar-refractivity contribution in [3.63, 3.8) is 0 Å². The van der Waals surface area contributed by atoms with E-state index in [4.69, 9.17) is 0 Å². The molecule has 0 spiro atoms. The zero-order valence-electron chi connectivity index (χ0n) is 12.4. The van der Waals surface area contributed by atoms with E-state index in [0.29, 0.717) is 11.4 Å². The van der Waals surface area contributed by atoms with Crippen LogP contribution in [-0.2, 0) is 4.79 Å². The average molecular weight is 551 g/mol. The van der Waals surface area contributed by atoms with E-state index >= 15 is 0 Å². The van der Waals surface area contributed by atoms with Gasteiger partial charge in [0.1, 0.15) is 23.3 Å². The van der Waals surface area contributed by atoms with Crippen LogP contribution < -0.4 is 0 Å². The highest BCUT2D eigenvalue weighted by Gasteiger charge is 2.10. The summed E-state index contributed by atoms with van der Waals surface area (Å²) in [5.41, 5.74) is -0.0896. The molecule has 0 fully saturated rings. The molecular formula is C16H11Br3F4O2. The van der Waals surface area contributed by atoms with Gasteiger partial charge in [-0.2, -0.15) is 0 Å². The van der Waals surface area contributed by atoms with E-state index in [1.165, 1.54) is 18.2 Å². The van der Waals surface area contributed by atoms with E-state index in [-0.39, 0.29) is 15.6 Å². The molecule has 0 saturated heterocycles. The van der Waals surface area contributed by atoms with Crippen LogP contribution in [0.15, 0.2) is 42.5 Å². The van der Waals surface area contributed by atoms with Crippen LogP contribution in [0.25, 0.3) is 0 Å². The molecule has 0 aliphatic rings. The molecule has 0 aliphatic heterocycles. The number of ketones is 1. The molecule has 0 bridgehead atoms. The van der Waals surface area contributed by atoms with Crippen LogP contribution in [0.3, 0.4) is 0 Å². The smallest absolute Gasteiger partial charge is 0.208 e. The average Bonchev–Trinajstić information content (AvgIpc) is 2.55. The fourth-order valence-electron chi connectivity index (χ4n) is 1.25. The monoisotopic (exact) mass is 548 g/mol. The topological polar surface area (TPSA) is 34.1 Å². The number of carbonyl (C=O) groups is 2. The molecule has 136 valence electrons. The Bertz CT molecular complexity index is 694. The third-order valence-corrected chi connectivity index (χ3v) is 4.30. The second kappa shape index (κ2) is 13.2. The minimum absolute atomic E-state index is 0.0162. The fraction of sp³-hybridized carbons (Fsp3) is 0.125. The lowest BCUT2D eigenvalue weighted by molar-refractivity contribution is -0.108. The van der Waals surface area contributed by atoms with Crippen LogP contribution in [0.2, 0.25) is 0 Å². The molecule has 2 aromatic rings. The van der Waals surface area contributed by atoms with Crippen molar-refractivity contribution in [1.29, 1.82) is 0 Å². The largest absolute Gasteiger partial charge is 0.293 e. The minimum atomic E-state index is -0.820. The minimum Gasteiger partial charge on any atom is -0.293 e. The molecule has 25 heavy (non-hydrogen) atoms. The maximum Gasteiger partial charge on any atom is 0.208 e. The van der Waals surface area contributed by atoms with E-state index in [0.717, 1.165) is 18.2 Å². The van der Waals surface area contributed by atoms with E-state index in [9.17, 15) is 27.2 Å². The summed E-state index contributed by atoms with van der Waals surface area (Å²) in [6, 6.07) is 7.43. The van der Waals surface area contributed by atoms with Gasteiger partial charge in [-0.25, -0.2) is 17.6 Å². The Morgan fingerprint density at radius 1 is 0.800 bits per heavy atom. The Labute approximate surface area is 167 Å². The van der Waals surface area contributed by atoms with Crippen molar-refractivity contribution in [3.05, 3.63) is 71.3 Å². The Morgan fingerprint density at radius 3 is 1.60 bits per heavy atom. The van der Waals surface area contributed by atoms with Crippen LogP contribution in [-0.4, -0.2) is 21.1 Å². The molecule has 2 aromatic carbocycles. The molecule has 0 atom stereocenters.